The molecule has 0 saturated carbocycles. The van der Waals surface area contributed by atoms with Crippen LogP contribution < -0.4 is 0 Å². The molecule has 0 atom stereocenters. The van der Waals surface area contributed by atoms with Crippen molar-refractivity contribution in [3.8, 4) is 0 Å². The lowest BCUT2D eigenvalue weighted by atomic mass is 10.0. The average molecular weight is 671 g/mol. The van der Waals surface area contributed by atoms with Crippen LogP contribution in [0.5, 0.6) is 0 Å². The summed E-state index contributed by atoms with van der Waals surface area (Å²) < 4.78 is 17.2. The number of hydrogen-bond acceptors (Lipinski definition) is 7. The van der Waals surface area contributed by atoms with Gasteiger partial charge in [-0.15, -0.1) is 0 Å². The molecule has 0 aliphatic rings. The van der Waals surface area contributed by atoms with E-state index in [1.165, 1.54) is 0 Å². The van der Waals surface area contributed by atoms with Gasteiger partial charge in [0, 0.05) is 12.8 Å². The van der Waals surface area contributed by atoms with Gasteiger partial charge in [-0.3, -0.25) is 14.4 Å². The summed E-state index contributed by atoms with van der Waals surface area (Å²) in [5, 5.41) is 0. The molecule has 0 unspecified atom stereocenters. The van der Waals surface area contributed by atoms with Gasteiger partial charge in [-0.1, -0.05) is 130 Å². The largest absolute Gasteiger partial charge is 0.462 e. The number of carbonyl (C=O) groups is 3. The first-order chi connectivity index (χ1) is 22.4. The van der Waals surface area contributed by atoms with E-state index in [4.69, 9.17) is 14.2 Å². The third-order valence-corrected chi connectivity index (χ3v) is 9.11. The summed E-state index contributed by atoms with van der Waals surface area (Å²) >= 11 is 4.09. The average Bonchev–Trinajstić information content (AvgIpc) is 3.05. The predicted molar refractivity (Wildman–Crippen MR) is 195 cm³/mol. The van der Waals surface area contributed by atoms with Crippen molar-refractivity contribution >= 4 is 30.5 Å². The van der Waals surface area contributed by atoms with Gasteiger partial charge in [0.15, 0.2) is 0 Å². The Hall–Kier alpha value is -1.24. The zero-order valence-corrected chi connectivity index (χ0v) is 31.5. The molecule has 46 heavy (non-hydrogen) atoms. The second-order valence-electron chi connectivity index (χ2n) is 13.4. The first-order valence-corrected chi connectivity index (χ1v) is 20.2. The van der Waals surface area contributed by atoms with Crippen molar-refractivity contribution in [3.05, 3.63) is 0 Å². The van der Waals surface area contributed by atoms with Gasteiger partial charge in [0.25, 0.3) is 0 Å². The zero-order chi connectivity index (χ0) is 34.1. The third-order valence-electron chi connectivity index (χ3n) is 8.86. The van der Waals surface area contributed by atoms with Gasteiger partial charge in [0.2, 0.25) is 0 Å². The van der Waals surface area contributed by atoms with Crippen LogP contribution in [0.15, 0.2) is 0 Å². The molecule has 0 fully saturated rings. The van der Waals surface area contributed by atoms with Crippen LogP contribution in [0, 0.1) is 0 Å². The molecule has 0 radical (unpaired) electrons. The van der Waals surface area contributed by atoms with Gasteiger partial charge in [-0.05, 0) is 64.2 Å². The molecule has 0 aromatic heterocycles. The highest BCUT2D eigenvalue weighted by Gasteiger charge is 2.16. The summed E-state index contributed by atoms with van der Waals surface area (Å²) in [6.07, 6.45) is 28.8. The van der Waals surface area contributed by atoms with Gasteiger partial charge in [0.05, 0.1) is 5.75 Å². The molecule has 272 valence electrons. The number of thiol groups is 1. The monoisotopic (exact) mass is 671 g/mol. The van der Waals surface area contributed by atoms with E-state index < -0.39 is 0 Å². The van der Waals surface area contributed by atoms with Crippen LogP contribution in [-0.2, 0) is 28.6 Å². The Morgan fingerprint density at radius 3 is 0.957 bits per heavy atom. The fourth-order valence-corrected chi connectivity index (χ4v) is 6.00. The fourth-order valence-electron chi connectivity index (χ4n) is 5.92. The number of carbonyl (C=O) groups excluding carboxylic acids is 3. The maximum Gasteiger partial charge on any atom is 0.315 e. The minimum Gasteiger partial charge on any atom is -0.462 e. The Balaban J connectivity index is 4.04. The van der Waals surface area contributed by atoms with Gasteiger partial charge in [-0.25, -0.2) is 0 Å². The third kappa shape index (κ3) is 28.9. The molecule has 0 aromatic rings. The van der Waals surface area contributed by atoms with Crippen molar-refractivity contribution in [3.63, 3.8) is 0 Å². The van der Waals surface area contributed by atoms with E-state index in [0.717, 1.165) is 167 Å². The summed E-state index contributed by atoms with van der Waals surface area (Å²) in [7, 11) is 0. The normalized spacial score (nSPS) is 11.5. The summed E-state index contributed by atoms with van der Waals surface area (Å²) in [5.41, 5.74) is 0. The second kappa shape index (κ2) is 33.7. The van der Waals surface area contributed by atoms with E-state index >= 15 is 0 Å². The Morgan fingerprint density at radius 1 is 0.391 bits per heavy atom. The maximum atomic E-state index is 12.3. The number of ether oxygens (including phenoxy) is 3. The second-order valence-corrected chi connectivity index (χ2v) is 13.7. The topological polar surface area (TPSA) is 78.9 Å². The highest BCUT2D eigenvalue weighted by atomic mass is 32.1. The van der Waals surface area contributed by atoms with Crippen LogP contribution in [0.4, 0.5) is 0 Å². The Bertz CT molecular complexity index is 649. The molecule has 7 heteroatoms. The quantitative estimate of drug-likeness (QED) is 0.0318. The van der Waals surface area contributed by atoms with Crippen molar-refractivity contribution in [2.24, 2.45) is 0 Å². The molecule has 0 aliphatic heterocycles. The smallest absolute Gasteiger partial charge is 0.315 e. The lowest BCUT2D eigenvalue weighted by molar-refractivity contribution is -0.151. The van der Waals surface area contributed by atoms with Gasteiger partial charge in [0.1, 0.15) is 18.3 Å². The highest BCUT2D eigenvalue weighted by Crippen LogP contribution is 2.19. The molecule has 0 aromatic carbocycles. The first-order valence-electron chi connectivity index (χ1n) is 19.6. The molecule has 0 saturated heterocycles. The SMILES string of the molecule is CCCCC(CCCC)OC(=O)CCCCCCCCC(CCCCCCCCC(=O)OC(CCCC)CCCC)OC(=O)CS. The Morgan fingerprint density at radius 2 is 0.652 bits per heavy atom. The Labute approximate surface area is 290 Å². The van der Waals surface area contributed by atoms with Gasteiger partial charge >= 0.3 is 17.9 Å². The van der Waals surface area contributed by atoms with Gasteiger partial charge in [-0.2, -0.15) is 12.6 Å². The lowest BCUT2D eigenvalue weighted by Crippen LogP contribution is -2.19. The predicted octanol–water partition coefficient (Wildman–Crippen LogP) is 11.7. The number of esters is 3. The van der Waals surface area contributed by atoms with E-state index in [1.54, 1.807) is 0 Å². The van der Waals surface area contributed by atoms with E-state index in [0.29, 0.717) is 12.8 Å². The molecule has 0 aliphatic carbocycles. The highest BCUT2D eigenvalue weighted by molar-refractivity contribution is 7.81. The maximum absolute atomic E-state index is 12.3. The molecular weight excluding hydrogens is 596 g/mol. The minimum absolute atomic E-state index is 0.0223. The van der Waals surface area contributed by atoms with Crippen LogP contribution in [0.25, 0.3) is 0 Å². The van der Waals surface area contributed by atoms with Crippen LogP contribution >= 0.6 is 12.6 Å². The molecule has 0 heterocycles. The summed E-state index contributed by atoms with van der Waals surface area (Å²) in [4.78, 5) is 36.5. The summed E-state index contributed by atoms with van der Waals surface area (Å²) in [6.45, 7) is 8.72. The molecular formula is C39H74O6S. The molecule has 0 bridgehead atoms. The van der Waals surface area contributed by atoms with Crippen LogP contribution in [0.3, 0.4) is 0 Å². The first kappa shape index (κ1) is 44.8. The van der Waals surface area contributed by atoms with E-state index in [9.17, 15) is 14.4 Å². The zero-order valence-electron chi connectivity index (χ0n) is 30.6. The molecule has 0 spiro atoms. The molecule has 0 amide bonds. The molecule has 6 nitrogen and oxygen atoms in total. The van der Waals surface area contributed by atoms with Crippen molar-refractivity contribution < 1.29 is 28.6 Å². The summed E-state index contributed by atoms with van der Waals surface area (Å²) in [5.74, 6) is -0.165. The van der Waals surface area contributed by atoms with Crippen molar-refractivity contribution in [1.82, 2.24) is 0 Å². The van der Waals surface area contributed by atoms with E-state index in [-0.39, 0.29) is 42.0 Å². The number of unbranched alkanes of at least 4 members (excludes halogenated alkanes) is 14. The van der Waals surface area contributed by atoms with Crippen LogP contribution in [-0.4, -0.2) is 42.0 Å². The van der Waals surface area contributed by atoms with Gasteiger partial charge < -0.3 is 14.2 Å². The van der Waals surface area contributed by atoms with Crippen molar-refractivity contribution in [1.29, 1.82) is 0 Å². The van der Waals surface area contributed by atoms with Crippen molar-refractivity contribution in [2.45, 2.75) is 226 Å². The number of hydrogen-bond donors (Lipinski definition) is 1. The Kier molecular flexibility index (Phi) is 32.7. The molecule has 0 N–H and O–H groups in total. The lowest BCUT2D eigenvalue weighted by Gasteiger charge is -2.18. The van der Waals surface area contributed by atoms with Crippen LogP contribution in [0.2, 0.25) is 0 Å². The van der Waals surface area contributed by atoms with Crippen LogP contribution in [0.1, 0.15) is 207 Å². The standard InChI is InChI=1S/C39H74O6S/c1-5-9-25-34(26-10-6-2)43-37(40)31-23-19-15-13-17-21-29-36(45-39(42)33-46)30-22-18-14-16-20-24-32-38(41)44-35(27-11-7-3)28-12-8-4/h34-36,46H,5-33H2,1-4H3. The molecule has 0 rings (SSSR count). The van der Waals surface area contributed by atoms with Crippen molar-refractivity contribution in [2.75, 3.05) is 5.75 Å². The van der Waals surface area contributed by atoms with E-state index in [2.05, 4.69) is 40.3 Å². The number of rotatable bonds is 34. The minimum atomic E-state index is -0.231. The summed E-state index contributed by atoms with van der Waals surface area (Å²) in [6, 6.07) is 0. The van der Waals surface area contributed by atoms with E-state index in [1.807, 2.05) is 0 Å². The fraction of sp³-hybridized carbons (Fsp3) is 0.923.